The molecule has 3 nitrogen and oxygen atoms in total. The number of hydrogen-bond donors (Lipinski definition) is 0. The Kier molecular flexibility index (Phi) is 3.39. The van der Waals surface area contributed by atoms with Crippen LogP contribution in [0.3, 0.4) is 0 Å². The lowest BCUT2D eigenvalue weighted by Gasteiger charge is -2.32. The van der Waals surface area contributed by atoms with Crippen LogP contribution in [0.2, 0.25) is 0 Å². The van der Waals surface area contributed by atoms with Gasteiger partial charge in [-0.3, -0.25) is 9.88 Å². The molecule has 15 heavy (non-hydrogen) atoms. The van der Waals surface area contributed by atoms with Gasteiger partial charge in [-0.1, -0.05) is 11.5 Å². The molecule has 0 radical (unpaired) electrons. The Labute approximate surface area is 92.5 Å². The molecular weight excluding hydrogens is 185 g/mol. The molecule has 0 spiro atoms. The number of nitrogens with zero attached hydrogens (tertiary/aromatic N) is 3. The van der Waals surface area contributed by atoms with E-state index in [0.717, 1.165) is 19.6 Å². The van der Waals surface area contributed by atoms with Crippen LogP contribution in [0.15, 0.2) is 18.3 Å². The minimum absolute atomic E-state index is 0.994. The summed E-state index contributed by atoms with van der Waals surface area (Å²) in [5.74, 6) is 0. The normalized spacial score (nSPS) is 19.3. The van der Waals surface area contributed by atoms with Crippen molar-refractivity contribution in [1.82, 2.24) is 14.8 Å². The van der Waals surface area contributed by atoms with Crippen molar-refractivity contribution in [3.05, 3.63) is 24.0 Å². The Morgan fingerprint density at radius 2 is 2.00 bits per heavy atom. The zero-order valence-electron chi connectivity index (χ0n) is 9.61. The summed E-state index contributed by atoms with van der Waals surface area (Å²) in [4.78, 5) is 9.28. The molecule has 2 heterocycles. The Bertz CT molecular complexity index is 304. The molecule has 0 amide bonds. The van der Waals surface area contributed by atoms with Gasteiger partial charge >= 0.3 is 0 Å². The van der Waals surface area contributed by atoms with E-state index >= 15 is 0 Å². The van der Waals surface area contributed by atoms with Gasteiger partial charge in [0, 0.05) is 38.9 Å². The Morgan fingerprint density at radius 3 is 2.60 bits per heavy atom. The third kappa shape index (κ3) is 3.04. The van der Waals surface area contributed by atoms with Gasteiger partial charge in [0.1, 0.15) is 7.85 Å². The van der Waals surface area contributed by atoms with E-state index in [1.165, 1.54) is 24.2 Å². The largest absolute Gasteiger partial charge is 0.304 e. The van der Waals surface area contributed by atoms with Gasteiger partial charge in [-0.15, -0.1) is 0 Å². The predicted molar refractivity (Wildman–Crippen MR) is 65.2 cm³/mol. The van der Waals surface area contributed by atoms with Crippen LogP contribution in [0.1, 0.15) is 5.69 Å². The number of hydrogen-bond acceptors (Lipinski definition) is 3. The van der Waals surface area contributed by atoms with Crippen molar-refractivity contribution in [3.8, 4) is 0 Å². The first-order valence-electron chi connectivity index (χ1n) is 5.56. The van der Waals surface area contributed by atoms with E-state index in [9.17, 15) is 0 Å². The maximum atomic E-state index is 4.44. The van der Waals surface area contributed by atoms with E-state index in [1.54, 1.807) is 0 Å². The minimum atomic E-state index is 0.994. The average Bonchev–Trinajstić information content (AvgIpc) is 2.25. The molecule has 0 aromatic carbocycles. The molecule has 2 rings (SSSR count). The highest BCUT2D eigenvalue weighted by Crippen LogP contribution is 2.04. The number of rotatable bonds is 2. The van der Waals surface area contributed by atoms with E-state index in [1.807, 2.05) is 6.20 Å². The molecule has 1 aromatic rings. The number of piperazine rings is 1. The SMILES string of the molecule is Bc1ccc(CN2CCN(C)CC2)nc1. The highest BCUT2D eigenvalue weighted by Gasteiger charge is 2.13. The van der Waals surface area contributed by atoms with Crippen LogP contribution in [0.25, 0.3) is 0 Å². The van der Waals surface area contributed by atoms with Crippen LogP contribution in [-0.4, -0.2) is 55.9 Å². The lowest BCUT2D eigenvalue weighted by atomic mass is 9.99. The van der Waals surface area contributed by atoms with Gasteiger partial charge in [-0.2, -0.15) is 0 Å². The summed E-state index contributed by atoms with van der Waals surface area (Å²) < 4.78 is 0. The highest BCUT2D eigenvalue weighted by molar-refractivity contribution is 6.31. The van der Waals surface area contributed by atoms with Crippen molar-refractivity contribution >= 4 is 13.3 Å². The fourth-order valence-electron chi connectivity index (χ4n) is 1.83. The first-order chi connectivity index (χ1) is 7.24. The summed E-state index contributed by atoms with van der Waals surface area (Å²) in [6.07, 6.45) is 1.95. The third-order valence-electron chi connectivity index (χ3n) is 2.95. The molecule has 0 aliphatic carbocycles. The summed E-state index contributed by atoms with van der Waals surface area (Å²) in [7, 11) is 4.26. The second-order valence-corrected chi connectivity index (χ2v) is 4.41. The molecule has 1 aromatic heterocycles. The first-order valence-corrected chi connectivity index (χ1v) is 5.56. The van der Waals surface area contributed by atoms with Crippen molar-refractivity contribution in [1.29, 1.82) is 0 Å². The fourth-order valence-corrected chi connectivity index (χ4v) is 1.83. The highest BCUT2D eigenvalue weighted by atomic mass is 15.2. The van der Waals surface area contributed by atoms with Crippen molar-refractivity contribution in [2.75, 3.05) is 33.2 Å². The summed E-state index contributed by atoms with van der Waals surface area (Å²) >= 11 is 0. The van der Waals surface area contributed by atoms with Crippen LogP contribution in [0.4, 0.5) is 0 Å². The Balaban J connectivity index is 1.89. The van der Waals surface area contributed by atoms with Gasteiger partial charge in [-0.05, 0) is 13.1 Å². The zero-order valence-corrected chi connectivity index (χ0v) is 9.61. The van der Waals surface area contributed by atoms with Crippen molar-refractivity contribution in [2.24, 2.45) is 0 Å². The molecule has 1 fully saturated rings. The zero-order chi connectivity index (χ0) is 10.7. The van der Waals surface area contributed by atoms with Crippen molar-refractivity contribution < 1.29 is 0 Å². The smallest absolute Gasteiger partial charge is 0.141 e. The fraction of sp³-hybridized carbons (Fsp3) is 0.545. The van der Waals surface area contributed by atoms with Gasteiger partial charge in [-0.25, -0.2) is 0 Å². The van der Waals surface area contributed by atoms with E-state index in [2.05, 4.69) is 41.8 Å². The first kappa shape index (κ1) is 10.6. The Hall–Kier alpha value is -0.865. The van der Waals surface area contributed by atoms with E-state index in [-0.39, 0.29) is 0 Å². The molecular formula is C11H18BN3. The van der Waals surface area contributed by atoms with Crippen LogP contribution in [-0.2, 0) is 6.54 Å². The van der Waals surface area contributed by atoms with Gasteiger partial charge in [0.2, 0.25) is 0 Å². The monoisotopic (exact) mass is 203 g/mol. The second-order valence-electron chi connectivity index (χ2n) is 4.41. The van der Waals surface area contributed by atoms with Crippen molar-refractivity contribution in [2.45, 2.75) is 6.54 Å². The lowest BCUT2D eigenvalue weighted by Crippen LogP contribution is -2.44. The topological polar surface area (TPSA) is 19.4 Å². The standard InChI is InChI=1S/C11H18BN3/c1-14-4-6-15(7-5-14)9-11-3-2-10(12)8-13-11/h2-3,8H,4-7,9,12H2,1H3. The van der Waals surface area contributed by atoms with Crippen molar-refractivity contribution in [3.63, 3.8) is 0 Å². The maximum Gasteiger partial charge on any atom is 0.141 e. The van der Waals surface area contributed by atoms with E-state index in [0.29, 0.717) is 0 Å². The summed E-state index contributed by atoms with van der Waals surface area (Å²) in [5.41, 5.74) is 2.42. The molecule has 0 atom stereocenters. The summed E-state index contributed by atoms with van der Waals surface area (Å²) in [6, 6.07) is 4.27. The quantitative estimate of drug-likeness (QED) is 0.580. The molecule has 0 N–H and O–H groups in total. The van der Waals surface area contributed by atoms with Crippen LogP contribution in [0, 0.1) is 0 Å². The van der Waals surface area contributed by atoms with Gasteiger partial charge in [0.25, 0.3) is 0 Å². The molecule has 0 saturated carbocycles. The van der Waals surface area contributed by atoms with Crippen LogP contribution in [0.5, 0.6) is 0 Å². The maximum absolute atomic E-state index is 4.44. The lowest BCUT2D eigenvalue weighted by molar-refractivity contribution is 0.147. The molecule has 4 heteroatoms. The van der Waals surface area contributed by atoms with Crippen LogP contribution >= 0.6 is 0 Å². The van der Waals surface area contributed by atoms with Gasteiger partial charge < -0.3 is 4.90 Å². The predicted octanol–water partition coefficient (Wildman–Crippen LogP) is -0.913. The summed E-state index contributed by atoms with van der Waals surface area (Å²) in [6.45, 7) is 5.66. The summed E-state index contributed by atoms with van der Waals surface area (Å²) in [5, 5.41) is 0. The average molecular weight is 203 g/mol. The Morgan fingerprint density at radius 1 is 1.27 bits per heavy atom. The van der Waals surface area contributed by atoms with Crippen LogP contribution < -0.4 is 5.46 Å². The van der Waals surface area contributed by atoms with E-state index < -0.39 is 0 Å². The number of likely N-dealkylation sites (N-methyl/N-ethyl adjacent to an activating group) is 1. The molecule has 1 aliphatic rings. The van der Waals surface area contributed by atoms with E-state index in [4.69, 9.17) is 0 Å². The van der Waals surface area contributed by atoms with Gasteiger partial charge in [0.05, 0.1) is 5.69 Å². The van der Waals surface area contributed by atoms with Gasteiger partial charge in [0.15, 0.2) is 0 Å². The molecule has 0 unspecified atom stereocenters. The molecule has 1 saturated heterocycles. The molecule has 80 valence electrons. The number of pyridine rings is 1. The third-order valence-corrected chi connectivity index (χ3v) is 2.95. The molecule has 1 aliphatic heterocycles. The second kappa shape index (κ2) is 4.77. The minimum Gasteiger partial charge on any atom is -0.304 e. The number of aromatic nitrogens is 1. The molecule has 0 bridgehead atoms.